The summed E-state index contributed by atoms with van der Waals surface area (Å²) in [6.07, 6.45) is 0. The average molecular weight is 390 g/mol. The van der Waals surface area contributed by atoms with Crippen LogP contribution in [-0.4, -0.2) is 15.7 Å². The molecule has 2 aromatic heterocycles. The number of hydrogen-bond acceptors (Lipinski definition) is 2. The molecule has 0 radical (unpaired) electrons. The number of thiophene rings is 2. The Morgan fingerprint density at radius 1 is 0.607 bits per heavy atom. The highest BCUT2D eigenvalue weighted by Gasteiger charge is 2.15. The predicted molar refractivity (Wildman–Crippen MR) is 134 cm³/mol. The SMILES string of the molecule is Bc1cc2cc3c(C#CC)c4cc5sc(B)cc5cc4c(C#CC)c3cc2s1. The molecule has 0 aliphatic rings. The Morgan fingerprint density at radius 2 is 1.00 bits per heavy atom. The van der Waals surface area contributed by atoms with Crippen molar-refractivity contribution in [1.29, 1.82) is 0 Å². The third-order valence-corrected chi connectivity index (χ3v) is 7.16. The van der Waals surface area contributed by atoms with E-state index in [-0.39, 0.29) is 0 Å². The zero-order valence-corrected chi connectivity index (χ0v) is 17.9. The number of fused-ring (bicyclic) bond motifs is 4. The lowest BCUT2D eigenvalue weighted by Crippen LogP contribution is -1.91. The molecule has 0 aliphatic heterocycles. The summed E-state index contributed by atoms with van der Waals surface area (Å²) in [6, 6.07) is 13.8. The molecule has 0 spiro atoms. The lowest BCUT2D eigenvalue weighted by atomic mass is 9.90. The van der Waals surface area contributed by atoms with Gasteiger partial charge in [-0.2, -0.15) is 22.7 Å². The Hall–Kier alpha value is -2.65. The van der Waals surface area contributed by atoms with Crippen molar-refractivity contribution >= 4 is 89.6 Å². The normalized spacial score (nSPS) is 10.9. The van der Waals surface area contributed by atoms with Crippen LogP contribution in [0.25, 0.3) is 41.7 Å². The highest BCUT2D eigenvalue weighted by molar-refractivity contribution is 7.26. The zero-order valence-electron chi connectivity index (χ0n) is 16.3. The zero-order chi connectivity index (χ0) is 19.4. The molecule has 0 bridgehead atoms. The summed E-state index contributed by atoms with van der Waals surface area (Å²) < 4.78 is 5.28. The first kappa shape index (κ1) is 17.4. The fourth-order valence-electron chi connectivity index (χ4n) is 4.08. The minimum atomic E-state index is 1.12. The molecule has 0 saturated heterocycles. The molecule has 0 aliphatic carbocycles. The fraction of sp³-hybridized carbons (Fsp3) is 0.0833. The molecule has 4 heteroatoms. The van der Waals surface area contributed by atoms with E-state index in [0.29, 0.717) is 0 Å². The van der Waals surface area contributed by atoms with Gasteiger partial charge in [-0.15, -0.1) is 11.8 Å². The van der Waals surface area contributed by atoms with Gasteiger partial charge in [0.15, 0.2) is 15.7 Å². The van der Waals surface area contributed by atoms with Crippen LogP contribution in [0.5, 0.6) is 0 Å². The molecule has 130 valence electrons. The van der Waals surface area contributed by atoms with Crippen LogP contribution in [0.15, 0.2) is 36.4 Å². The van der Waals surface area contributed by atoms with Crippen molar-refractivity contribution in [3.63, 3.8) is 0 Å². The molecule has 2 heterocycles. The minimum absolute atomic E-state index is 1.12. The maximum atomic E-state index is 3.42. The number of rotatable bonds is 0. The van der Waals surface area contributed by atoms with Gasteiger partial charge in [-0.1, -0.05) is 24.0 Å². The van der Waals surface area contributed by atoms with E-state index in [2.05, 4.69) is 75.8 Å². The van der Waals surface area contributed by atoms with Crippen LogP contribution in [0.4, 0.5) is 0 Å². The second-order valence-electron chi connectivity index (χ2n) is 7.09. The summed E-state index contributed by atoms with van der Waals surface area (Å²) in [5.41, 5.74) is 2.24. The summed E-state index contributed by atoms with van der Waals surface area (Å²) in [5.74, 6) is 13.1. The van der Waals surface area contributed by atoms with E-state index in [0.717, 1.165) is 11.1 Å². The van der Waals surface area contributed by atoms with Crippen LogP contribution in [0.1, 0.15) is 25.0 Å². The van der Waals surface area contributed by atoms with Crippen molar-refractivity contribution in [1.82, 2.24) is 0 Å². The van der Waals surface area contributed by atoms with Crippen LogP contribution in [0.3, 0.4) is 0 Å². The molecular formula is C24H16B2S2. The number of benzene rings is 3. The van der Waals surface area contributed by atoms with Crippen molar-refractivity contribution in [2.45, 2.75) is 13.8 Å². The van der Waals surface area contributed by atoms with Gasteiger partial charge in [0.25, 0.3) is 0 Å². The second kappa shape index (κ2) is 6.46. The quantitative estimate of drug-likeness (QED) is 0.215. The summed E-state index contributed by atoms with van der Waals surface area (Å²) in [7, 11) is 4.34. The monoisotopic (exact) mass is 390 g/mol. The summed E-state index contributed by atoms with van der Waals surface area (Å²) in [5, 5.41) is 7.41. The summed E-state index contributed by atoms with van der Waals surface area (Å²) in [6.45, 7) is 3.83. The maximum absolute atomic E-state index is 3.42. The van der Waals surface area contributed by atoms with E-state index in [9.17, 15) is 0 Å². The first-order valence-corrected chi connectivity index (χ1v) is 10.9. The molecule has 0 amide bonds. The summed E-state index contributed by atoms with van der Waals surface area (Å²) in [4.78, 5) is 0. The van der Waals surface area contributed by atoms with E-state index in [4.69, 9.17) is 0 Å². The molecule has 0 nitrogen and oxygen atoms in total. The molecule has 28 heavy (non-hydrogen) atoms. The maximum Gasteiger partial charge on any atom is 0.152 e. The minimum Gasteiger partial charge on any atom is -0.151 e. The van der Waals surface area contributed by atoms with E-state index in [1.165, 1.54) is 51.3 Å². The topological polar surface area (TPSA) is 0 Å². The number of hydrogen-bond donors (Lipinski definition) is 0. The van der Waals surface area contributed by atoms with Gasteiger partial charge in [0.1, 0.15) is 0 Å². The van der Waals surface area contributed by atoms with Crippen LogP contribution in [0.2, 0.25) is 0 Å². The third kappa shape index (κ3) is 2.57. The average Bonchev–Trinajstić information content (AvgIpc) is 3.21. The molecule has 0 saturated carbocycles. The predicted octanol–water partition coefficient (Wildman–Crippen LogP) is 3.68. The highest BCUT2D eigenvalue weighted by Crippen LogP contribution is 2.38. The molecule has 5 aromatic rings. The van der Waals surface area contributed by atoms with Gasteiger partial charge >= 0.3 is 0 Å². The van der Waals surface area contributed by atoms with Crippen LogP contribution in [-0.2, 0) is 0 Å². The lowest BCUT2D eigenvalue weighted by Gasteiger charge is -2.12. The van der Waals surface area contributed by atoms with Crippen molar-refractivity contribution < 1.29 is 0 Å². The van der Waals surface area contributed by atoms with Crippen LogP contribution >= 0.6 is 22.7 Å². The van der Waals surface area contributed by atoms with Crippen molar-refractivity contribution in [2.24, 2.45) is 0 Å². The molecule has 0 unspecified atom stereocenters. The van der Waals surface area contributed by atoms with Gasteiger partial charge in [0, 0.05) is 31.3 Å². The molecule has 3 aromatic carbocycles. The first-order valence-electron chi connectivity index (χ1n) is 9.28. The molecule has 0 atom stereocenters. The van der Waals surface area contributed by atoms with Gasteiger partial charge in [-0.05, 0) is 69.2 Å². The van der Waals surface area contributed by atoms with Gasteiger partial charge in [-0.25, -0.2) is 0 Å². The van der Waals surface area contributed by atoms with E-state index in [1.807, 2.05) is 36.5 Å². The molecule has 0 fully saturated rings. The standard InChI is InChI=1S/C24H16B2S2/c1-3-5-15-17-7-13-9-23(25)28-22(13)12-20(17)16(6-4-2)18-8-14-10-24(26)27-21(14)11-19(15)18/h7-12H,25-26H2,1-2H3. The molecule has 0 N–H and O–H groups in total. The van der Waals surface area contributed by atoms with Crippen molar-refractivity contribution in [3.05, 3.63) is 47.5 Å². The summed E-state index contributed by atoms with van der Waals surface area (Å²) >= 11 is 3.68. The Bertz CT molecular complexity index is 1350. The molecular weight excluding hydrogens is 374 g/mol. The lowest BCUT2D eigenvalue weighted by molar-refractivity contribution is 1.77. The highest BCUT2D eigenvalue weighted by atomic mass is 32.1. The van der Waals surface area contributed by atoms with Gasteiger partial charge in [-0.3, -0.25) is 0 Å². The van der Waals surface area contributed by atoms with Crippen molar-refractivity contribution in [2.75, 3.05) is 0 Å². The van der Waals surface area contributed by atoms with E-state index in [1.54, 1.807) is 0 Å². The van der Waals surface area contributed by atoms with Crippen molar-refractivity contribution in [3.8, 4) is 23.7 Å². The Morgan fingerprint density at radius 3 is 1.39 bits per heavy atom. The smallest absolute Gasteiger partial charge is 0.151 e. The van der Waals surface area contributed by atoms with Crippen LogP contribution in [0, 0.1) is 23.7 Å². The van der Waals surface area contributed by atoms with Gasteiger partial charge in [0.2, 0.25) is 0 Å². The Balaban J connectivity index is 2.10. The second-order valence-corrected chi connectivity index (χ2v) is 9.66. The largest absolute Gasteiger partial charge is 0.152 e. The molecule has 5 rings (SSSR count). The van der Waals surface area contributed by atoms with E-state index >= 15 is 0 Å². The Kier molecular flexibility index (Phi) is 4.02. The third-order valence-electron chi connectivity index (χ3n) is 5.14. The van der Waals surface area contributed by atoms with Gasteiger partial charge < -0.3 is 0 Å². The van der Waals surface area contributed by atoms with Gasteiger partial charge in [0.05, 0.1) is 0 Å². The van der Waals surface area contributed by atoms with Crippen LogP contribution < -0.4 is 9.55 Å². The first-order chi connectivity index (χ1) is 13.6. The Labute approximate surface area is 174 Å². The fourth-order valence-corrected chi connectivity index (χ4v) is 5.97. The van der Waals surface area contributed by atoms with E-state index < -0.39 is 0 Å².